The fourth-order valence-corrected chi connectivity index (χ4v) is 1.07. The van der Waals surface area contributed by atoms with E-state index in [2.05, 4.69) is 9.97 Å². The molecule has 0 saturated carbocycles. The number of aromatic nitrogens is 2. The van der Waals surface area contributed by atoms with Crippen LogP contribution in [-0.4, -0.2) is 28.2 Å². The standard InChI is InChI=1S/C8H6N2O4/c1-13-4-2-3-9-6-5(4)10-7(14-6)8(11)12/h2-3H,1H3,(H,11,12). The third kappa shape index (κ3) is 1.17. The molecule has 0 atom stereocenters. The number of methoxy groups -OCH3 is 1. The molecule has 0 aliphatic carbocycles. The summed E-state index contributed by atoms with van der Waals surface area (Å²) in [4.78, 5) is 18.1. The summed E-state index contributed by atoms with van der Waals surface area (Å²) in [5, 5.41) is 8.62. The number of ether oxygens (including phenoxy) is 1. The third-order valence-corrected chi connectivity index (χ3v) is 1.66. The van der Waals surface area contributed by atoms with Crippen molar-refractivity contribution in [2.75, 3.05) is 7.11 Å². The van der Waals surface area contributed by atoms with Gasteiger partial charge in [0.25, 0.3) is 5.71 Å². The van der Waals surface area contributed by atoms with Crippen LogP contribution in [0.15, 0.2) is 16.7 Å². The number of pyridine rings is 1. The third-order valence-electron chi connectivity index (χ3n) is 1.66. The van der Waals surface area contributed by atoms with Gasteiger partial charge in [-0.15, -0.1) is 0 Å². The maximum atomic E-state index is 10.5. The smallest absolute Gasteiger partial charge is 0.392 e. The lowest BCUT2D eigenvalue weighted by atomic mass is 10.4. The Hall–Kier alpha value is -2.11. The molecule has 0 unspecified atom stereocenters. The molecule has 6 nitrogen and oxygen atoms in total. The van der Waals surface area contributed by atoms with Gasteiger partial charge < -0.3 is 14.3 Å². The lowest BCUT2D eigenvalue weighted by Gasteiger charge is -1.96. The molecule has 0 aromatic carbocycles. The lowest BCUT2D eigenvalue weighted by molar-refractivity contribution is 0.0656. The second kappa shape index (κ2) is 2.99. The van der Waals surface area contributed by atoms with Crippen molar-refractivity contribution < 1.29 is 19.1 Å². The van der Waals surface area contributed by atoms with Crippen LogP contribution in [0.4, 0.5) is 0 Å². The molecule has 0 aliphatic heterocycles. The average molecular weight is 194 g/mol. The van der Waals surface area contributed by atoms with Crippen molar-refractivity contribution in [3.8, 4) is 5.75 Å². The van der Waals surface area contributed by atoms with Gasteiger partial charge in [-0.2, -0.15) is 4.98 Å². The molecule has 0 saturated heterocycles. The van der Waals surface area contributed by atoms with Crippen LogP contribution < -0.4 is 4.74 Å². The van der Waals surface area contributed by atoms with Crippen LogP contribution in [0.2, 0.25) is 0 Å². The summed E-state index contributed by atoms with van der Waals surface area (Å²) in [6, 6.07) is 1.58. The maximum Gasteiger partial charge on any atom is 0.392 e. The van der Waals surface area contributed by atoms with Gasteiger partial charge in [-0.3, -0.25) is 0 Å². The van der Waals surface area contributed by atoms with Gasteiger partial charge in [-0.05, 0) is 0 Å². The van der Waals surface area contributed by atoms with Gasteiger partial charge in [0.15, 0.2) is 11.3 Å². The van der Waals surface area contributed by atoms with E-state index in [-0.39, 0.29) is 5.71 Å². The summed E-state index contributed by atoms with van der Waals surface area (Å²) in [5.74, 6) is -1.19. The van der Waals surface area contributed by atoms with Crippen molar-refractivity contribution in [2.45, 2.75) is 0 Å². The Morgan fingerprint density at radius 2 is 2.43 bits per heavy atom. The quantitative estimate of drug-likeness (QED) is 0.765. The monoisotopic (exact) mass is 194 g/mol. The average Bonchev–Trinajstić information content (AvgIpc) is 2.60. The van der Waals surface area contributed by atoms with Crippen molar-refractivity contribution in [3.63, 3.8) is 0 Å². The first kappa shape index (κ1) is 8.49. The molecule has 0 bridgehead atoms. The fourth-order valence-electron chi connectivity index (χ4n) is 1.07. The lowest BCUT2D eigenvalue weighted by Crippen LogP contribution is -1.95. The number of carbonyl (C=O) groups is 1. The second-order valence-corrected chi connectivity index (χ2v) is 2.49. The summed E-state index contributed by atoms with van der Waals surface area (Å²) >= 11 is 0. The SMILES string of the molecule is COc1ccnc2oc(C(=O)O)nc12. The normalized spacial score (nSPS) is 10.4. The highest BCUT2D eigenvalue weighted by Gasteiger charge is 2.15. The van der Waals surface area contributed by atoms with Gasteiger partial charge in [0.05, 0.1) is 7.11 Å². The molecular formula is C8H6N2O4. The van der Waals surface area contributed by atoms with Crippen LogP contribution in [0.3, 0.4) is 0 Å². The van der Waals surface area contributed by atoms with Crippen LogP contribution in [0, 0.1) is 0 Å². The topological polar surface area (TPSA) is 85.5 Å². The maximum absolute atomic E-state index is 10.5. The number of hydrogen-bond donors (Lipinski definition) is 1. The van der Waals surface area contributed by atoms with Crippen LogP contribution in [-0.2, 0) is 0 Å². The molecule has 0 fully saturated rings. The molecule has 2 heterocycles. The molecule has 6 heteroatoms. The van der Waals surface area contributed by atoms with Crippen molar-refractivity contribution >= 4 is 17.2 Å². The molecule has 0 aliphatic rings. The molecule has 1 N–H and O–H groups in total. The summed E-state index contributed by atoms with van der Waals surface area (Å²) in [5.41, 5.74) is 0.467. The van der Waals surface area contributed by atoms with Crippen molar-refractivity contribution in [1.29, 1.82) is 0 Å². The fraction of sp³-hybridized carbons (Fsp3) is 0.125. The van der Waals surface area contributed by atoms with E-state index in [9.17, 15) is 4.79 Å². The minimum absolute atomic E-state index is 0.154. The van der Waals surface area contributed by atoms with E-state index in [0.29, 0.717) is 11.3 Å². The predicted octanol–water partition coefficient (Wildman–Crippen LogP) is 0.930. The Kier molecular flexibility index (Phi) is 1.81. The molecule has 2 aromatic heterocycles. The van der Waals surface area contributed by atoms with E-state index >= 15 is 0 Å². The summed E-state index contributed by atoms with van der Waals surface area (Å²) in [6.45, 7) is 0. The number of carboxylic acid groups (broad SMARTS) is 1. The van der Waals surface area contributed by atoms with Crippen LogP contribution in [0.1, 0.15) is 10.7 Å². The molecule has 2 rings (SSSR count). The number of rotatable bonds is 2. The number of hydrogen-bond acceptors (Lipinski definition) is 5. The van der Waals surface area contributed by atoms with Gasteiger partial charge >= 0.3 is 11.9 Å². The van der Waals surface area contributed by atoms with E-state index in [1.165, 1.54) is 13.3 Å². The van der Waals surface area contributed by atoms with Crippen molar-refractivity contribution in [2.24, 2.45) is 0 Å². The van der Waals surface area contributed by atoms with Crippen LogP contribution in [0.25, 0.3) is 11.2 Å². The highest BCUT2D eigenvalue weighted by Crippen LogP contribution is 2.23. The molecule has 14 heavy (non-hydrogen) atoms. The first-order valence-electron chi connectivity index (χ1n) is 3.75. The van der Waals surface area contributed by atoms with Gasteiger partial charge in [0.2, 0.25) is 0 Å². The number of aromatic carboxylic acids is 1. The van der Waals surface area contributed by atoms with Gasteiger partial charge in [-0.1, -0.05) is 0 Å². The van der Waals surface area contributed by atoms with Gasteiger partial charge in [-0.25, -0.2) is 9.78 Å². The van der Waals surface area contributed by atoms with Crippen molar-refractivity contribution in [3.05, 3.63) is 18.2 Å². The Balaban J connectivity index is 2.70. The number of carboxylic acids is 1. The van der Waals surface area contributed by atoms with Crippen LogP contribution >= 0.6 is 0 Å². The molecule has 2 aromatic rings. The predicted molar refractivity (Wildman–Crippen MR) is 45.3 cm³/mol. The first-order chi connectivity index (χ1) is 6.72. The Morgan fingerprint density at radius 3 is 3.07 bits per heavy atom. The molecule has 0 radical (unpaired) electrons. The largest absolute Gasteiger partial charge is 0.494 e. The Morgan fingerprint density at radius 1 is 1.64 bits per heavy atom. The Bertz CT molecular complexity index is 491. The molecule has 0 spiro atoms. The highest BCUT2D eigenvalue weighted by molar-refractivity contribution is 5.87. The van der Waals surface area contributed by atoms with E-state index < -0.39 is 11.9 Å². The number of fused-ring (bicyclic) bond motifs is 1. The molecule has 72 valence electrons. The zero-order chi connectivity index (χ0) is 10.1. The number of oxazole rings is 1. The molecular weight excluding hydrogens is 188 g/mol. The first-order valence-corrected chi connectivity index (χ1v) is 3.75. The summed E-state index contributed by atoms with van der Waals surface area (Å²) in [6.07, 6.45) is 1.46. The zero-order valence-corrected chi connectivity index (χ0v) is 7.22. The van der Waals surface area contributed by atoms with Gasteiger partial charge in [0, 0.05) is 12.3 Å². The van der Waals surface area contributed by atoms with Gasteiger partial charge in [0.1, 0.15) is 0 Å². The van der Waals surface area contributed by atoms with E-state index in [1.54, 1.807) is 6.07 Å². The minimum atomic E-state index is -1.23. The minimum Gasteiger partial charge on any atom is -0.494 e. The summed E-state index contributed by atoms with van der Waals surface area (Å²) < 4.78 is 9.84. The van der Waals surface area contributed by atoms with E-state index in [0.717, 1.165) is 0 Å². The van der Waals surface area contributed by atoms with E-state index in [4.69, 9.17) is 14.3 Å². The zero-order valence-electron chi connectivity index (χ0n) is 7.22. The molecule has 0 amide bonds. The van der Waals surface area contributed by atoms with E-state index in [1.807, 2.05) is 0 Å². The summed E-state index contributed by atoms with van der Waals surface area (Å²) in [7, 11) is 1.46. The highest BCUT2D eigenvalue weighted by atomic mass is 16.5. The van der Waals surface area contributed by atoms with Crippen molar-refractivity contribution in [1.82, 2.24) is 9.97 Å². The second-order valence-electron chi connectivity index (χ2n) is 2.49. The van der Waals surface area contributed by atoms with Crippen LogP contribution in [0.5, 0.6) is 5.75 Å². The Labute approximate surface area is 78.1 Å². The number of nitrogens with zero attached hydrogens (tertiary/aromatic N) is 2.